The lowest BCUT2D eigenvalue weighted by Gasteiger charge is -2.05. The summed E-state index contributed by atoms with van der Waals surface area (Å²) in [7, 11) is 0. The summed E-state index contributed by atoms with van der Waals surface area (Å²) in [5, 5.41) is 2.92. The Morgan fingerprint density at radius 3 is 2.44 bits per heavy atom. The first-order valence-electron chi connectivity index (χ1n) is 6.81. The zero-order valence-electron chi connectivity index (χ0n) is 11.2. The summed E-state index contributed by atoms with van der Waals surface area (Å²) in [5.41, 5.74) is 7.96. The number of nitrogens with one attached hydrogen (secondary N) is 1. The summed E-state index contributed by atoms with van der Waals surface area (Å²) in [4.78, 5) is 11.6. The van der Waals surface area contributed by atoms with E-state index in [1.54, 1.807) is 0 Å². The van der Waals surface area contributed by atoms with Crippen molar-refractivity contribution in [3.05, 3.63) is 35.4 Å². The number of carbonyl (C=O) groups is 1. The molecule has 3 heteroatoms. The number of unbranched alkanes of at least 4 members (excludes halogenated alkanes) is 1. The summed E-state index contributed by atoms with van der Waals surface area (Å²) < 4.78 is 0. The average molecular weight is 248 g/mol. The van der Waals surface area contributed by atoms with E-state index >= 15 is 0 Å². The smallest absolute Gasteiger partial charge is 0.220 e. The van der Waals surface area contributed by atoms with Crippen LogP contribution in [0.25, 0.3) is 0 Å². The van der Waals surface area contributed by atoms with Crippen LogP contribution in [-0.4, -0.2) is 19.0 Å². The van der Waals surface area contributed by atoms with Gasteiger partial charge in [-0.05, 0) is 43.4 Å². The number of hydrogen-bond donors (Lipinski definition) is 2. The van der Waals surface area contributed by atoms with Crippen molar-refractivity contribution in [3.8, 4) is 0 Å². The fraction of sp³-hybridized carbons (Fsp3) is 0.533. The van der Waals surface area contributed by atoms with E-state index in [1.807, 2.05) is 0 Å². The Morgan fingerprint density at radius 2 is 1.83 bits per heavy atom. The molecule has 0 heterocycles. The van der Waals surface area contributed by atoms with Gasteiger partial charge in [0, 0.05) is 13.0 Å². The van der Waals surface area contributed by atoms with Crippen LogP contribution in [0.2, 0.25) is 0 Å². The highest BCUT2D eigenvalue weighted by molar-refractivity contribution is 5.76. The second-order valence-electron chi connectivity index (χ2n) is 4.52. The van der Waals surface area contributed by atoms with Gasteiger partial charge in [-0.2, -0.15) is 0 Å². The van der Waals surface area contributed by atoms with Gasteiger partial charge in [0.15, 0.2) is 0 Å². The molecule has 100 valence electrons. The summed E-state index contributed by atoms with van der Waals surface area (Å²) in [6.07, 6.45) is 4.37. The minimum absolute atomic E-state index is 0.131. The minimum Gasteiger partial charge on any atom is -0.356 e. The first kappa shape index (κ1) is 14.7. The maximum Gasteiger partial charge on any atom is 0.220 e. The normalized spacial score (nSPS) is 10.3. The molecule has 18 heavy (non-hydrogen) atoms. The number of aryl methyl sites for hydroxylation is 2. The lowest BCUT2D eigenvalue weighted by atomic mass is 10.1. The molecule has 0 radical (unpaired) electrons. The molecule has 1 aromatic rings. The van der Waals surface area contributed by atoms with E-state index in [-0.39, 0.29) is 5.91 Å². The molecule has 3 nitrogen and oxygen atoms in total. The van der Waals surface area contributed by atoms with Crippen LogP contribution in [-0.2, 0) is 17.6 Å². The Hall–Kier alpha value is -1.35. The number of benzene rings is 1. The third-order valence-electron chi connectivity index (χ3n) is 3.03. The summed E-state index contributed by atoms with van der Waals surface area (Å²) in [6.45, 7) is 3.58. The van der Waals surface area contributed by atoms with Crippen LogP contribution in [0.4, 0.5) is 0 Å². The van der Waals surface area contributed by atoms with Crippen molar-refractivity contribution in [2.45, 2.75) is 39.0 Å². The first-order valence-corrected chi connectivity index (χ1v) is 6.81. The second kappa shape index (κ2) is 8.70. The number of nitrogens with two attached hydrogens (primary N) is 1. The van der Waals surface area contributed by atoms with Gasteiger partial charge in [-0.25, -0.2) is 0 Å². The molecular weight excluding hydrogens is 224 g/mol. The van der Waals surface area contributed by atoms with Crippen molar-refractivity contribution in [1.82, 2.24) is 5.32 Å². The first-order chi connectivity index (χ1) is 8.76. The monoisotopic (exact) mass is 248 g/mol. The lowest BCUT2D eigenvalue weighted by molar-refractivity contribution is -0.121. The molecule has 1 aromatic carbocycles. The molecule has 0 aromatic heterocycles. The fourth-order valence-electron chi connectivity index (χ4n) is 1.79. The average Bonchev–Trinajstić information content (AvgIpc) is 2.42. The SMILES string of the molecule is CCc1ccc(CCC(=O)NCCCCN)cc1. The predicted molar refractivity (Wildman–Crippen MR) is 75.4 cm³/mol. The molecule has 1 rings (SSSR count). The Morgan fingerprint density at radius 1 is 1.17 bits per heavy atom. The van der Waals surface area contributed by atoms with E-state index in [2.05, 4.69) is 36.5 Å². The third-order valence-corrected chi connectivity index (χ3v) is 3.03. The van der Waals surface area contributed by atoms with Gasteiger partial charge in [-0.3, -0.25) is 4.79 Å². The third kappa shape index (κ3) is 5.82. The minimum atomic E-state index is 0.131. The van der Waals surface area contributed by atoms with Crippen LogP contribution < -0.4 is 11.1 Å². The lowest BCUT2D eigenvalue weighted by Crippen LogP contribution is -2.25. The Bertz CT molecular complexity index is 346. The highest BCUT2D eigenvalue weighted by Crippen LogP contribution is 2.07. The van der Waals surface area contributed by atoms with Crippen molar-refractivity contribution in [1.29, 1.82) is 0 Å². The van der Waals surface area contributed by atoms with Crippen LogP contribution in [0, 0.1) is 0 Å². The molecule has 3 N–H and O–H groups in total. The molecule has 0 unspecified atom stereocenters. The van der Waals surface area contributed by atoms with E-state index in [1.165, 1.54) is 11.1 Å². The van der Waals surface area contributed by atoms with E-state index in [0.29, 0.717) is 13.0 Å². The van der Waals surface area contributed by atoms with Gasteiger partial charge in [0.05, 0.1) is 0 Å². The van der Waals surface area contributed by atoms with Crippen LogP contribution in [0.3, 0.4) is 0 Å². The molecule has 0 aliphatic rings. The van der Waals surface area contributed by atoms with Crippen LogP contribution in [0.5, 0.6) is 0 Å². The van der Waals surface area contributed by atoms with Crippen molar-refractivity contribution >= 4 is 5.91 Å². The van der Waals surface area contributed by atoms with Gasteiger partial charge in [-0.1, -0.05) is 31.2 Å². The molecular formula is C15H24N2O. The highest BCUT2D eigenvalue weighted by Gasteiger charge is 2.01. The molecule has 0 aliphatic carbocycles. The zero-order chi connectivity index (χ0) is 13.2. The molecule has 0 spiro atoms. The number of rotatable bonds is 8. The second-order valence-corrected chi connectivity index (χ2v) is 4.52. The maximum atomic E-state index is 11.6. The number of hydrogen-bond acceptors (Lipinski definition) is 2. The van der Waals surface area contributed by atoms with Crippen molar-refractivity contribution < 1.29 is 4.79 Å². The van der Waals surface area contributed by atoms with Crippen LogP contribution >= 0.6 is 0 Å². The van der Waals surface area contributed by atoms with Gasteiger partial charge in [0.1, 0.15) is 0 Å². The Kier molecular flexibility index (Phi) is 7.11. The van der Waals surface area contributed by atoms with Gasteiger partial charge in [0.25, 0.3) is 0 Å². The van der Waals surface area contributed by atoms with Crippen LogP contribution in [0.1, 0.15) is 37.3 Å². The molecule has 0 atom stereocenters. The largest absolute Gasteiger partial charge is 0.356 e. The van der Waals surface area contributed by atoms with Gasteiger partial charge < -0.3 is 11.1 Å². The van der Waals surface area contributed by atoms with Crippen molar-refractivity contribution in [2.24, 2.45) is 5.73 Å². The molecule has 0 aliphatic heterocycles. The topological polar surface area (TPSA) is 55.1 Å². The predicted octanol–water partition coefficient (Wildman–Crippen LogP) is 2.04. The quantitative estimate of drug-likeness (QED) is 0.692. The summed E-state index contributed by atoms with van der Waals surface area (Å²) in [5.74, 6) is 0.131. The number of carbonyl (C=O) groups excluding carboxylic acids is 1. The molecule has 0 bridgehead atoms. The summed E-state index contributed by atoms with van der Waals surface area (Å²) in [6, 6.07) is 8.49. The Labute approximate surface area is 110 Å². The highest BCUT2D eigenvalue weighted by atomic mass is 16.1. The molecule has 0 saturated heterocycles. The summed E-state index contributed by atoms with van der Waals surface area (Å²) >= 11 is 0. The maximum absolute atomic E-state index is 11.6. The van der Waals surface area contributed by atoms with Gasteiger partial charge in [0.2, 0.25) is 5.91 Å². The van der Waals surface area contributed by atoms with E-state index in [0.717, 1.165) is 32.2 Å². The van der Waals surface area contributed by atoms with E-state index in [4.69, 9.17) is 5.73 Å². The molecule has 0 saturated carbocycles. The Balaban J connectivity index is 2.20. The van der Waals surface area contributed by atoms with E-state index in [9.17, 15) is 4.79 Å². The number of amides is 1. The van der Waals surface area contributed by atoms with Crippen molar-refractivity contribution in [3.63, 3.8) is 0 Å². The van der Waals surface area contributed by atoms with Gasteiger partial charge in [-0.15, -0.1) is 0 Å². The van der Waals surface area contributed by atoms with Crippen molar-refractivity contribution in [2.75, 3.05) is 13.1 Å². The standard InChI is InChI=1S/C15H24N2O/c1-2-13-5-7-14(8-6-13)9-10-15(18)17-12-4-3-11-16/h5-8H,2-4,9-12,16H2,1H3,(H,17,18). The molecule has 1 amide bonds. The fourth-order valence-corrected chi connectivity index (χ4v) is 1.79. The van der Waals surface area contributed by atoms with Gasteiger partial charge >= 0.3 is 0 Å². The van der Waals surface area contributed by atoms with Crippen LogP contribution in [0.15, 0.2) is 24.3 Å². The zero-order valence-corrected chi connectivity index (χ0v) is 11.2. The van der Waals surface area contributed by atoms with E-state index < -0.39 is 0 Å². The molecule has 0 fully saturated rings.